The fourth-order valence-corrected chi connectivity index (χ4v) is 1.80. The van der Waals surface area contributed by atoms with Crippen LogP contribution in [-0.4, -0.2) is 14.6 Å². The van der Waals surface area contributed by atoms with Crippen LogP contribution in [0.4, 0.5) is 5.69 Å². The number of nitrogens with zero attached hydrogens (tertiary/aromatic N) is 3. The van der Waals surface area contributed by atoms with Gasteiger partial charge in [-0.15, -0.1) is 5.10 Å². The first kappa shape index (κ1) is 9.84. The number of aryl methyl sites for hydroxylation is 1. The van der Waals surface area contributed by atoms with Gasteiger partial charge in [0.2, 0.25) is 0 Å². The van der Waals surface area contributed by atoms with Gasteiger partial charge in [-0.25, -0.2) is 9.50 Å². The Morgan fingerprint density at radius 3 is 2.76 bits per heavy atom. The first-order valence-corrected chi connectivity index (χ1v) is 5.42. The van der Waals surface area contributed by atoms with Crippen LogP contribution in [0.5, 0.6) is 0 Å². The van der Waals surface area contributed by atoms with E-state index in [4.69, 9.17) is 5.73 Å². The van der Waals surface area contributed by atoms with Crippen molar-refractivity contribution in [3.63, 3.8) is 0 Å². The molecular formula is C13H12N4. The Bertz CT molecular complexity index is 685. The quantitative estimate of drug-likeness (QED) is 0.645. The van der Waals surface area contributed by atoms with E-state index in [0.29, 0.717) is 11.5 Å². The third kappa shape index (κ3) is 1.63. The van der Waals surface area contributed by atoms with Gasteiger partial charge in [0.15, 0.2) is 11.5 Å². The average molecular weight is 224 g/mol. The van der Waals surface area contributed by atoms with Gasteiger partial charge in [0, 0.05) is 17.4 Å². The number of benzene rings is 1. The second-order valence-electron chi connectivity index (χ2n) is 4.03. The van der Waals surface area contributed by atoms with Crippen molar-refractivity contribution in [3.8, 4) is 11.4 Å². The number of anilines is 1. The van der Waals surface area contributed by atoms with Crippen molar-refractivity contribution >= 4 is 11.3 Å². The highest BCUT2D eigenvalue weighted by Crippen LogP contribution is 2.22. The molecule has 0 aliphatic rings. The van der Waals surface area contributed by atoms with E-state index in [1.165, 1.54) is 0 Å². The fraction of sp³-hybridized carbons (Fsp3) is 0.0769. The first-order chi connectivity index (χ1) is 8.24. The van der Waals surface area contributed by atoms with Crippen molar-refractivity contribution in [3.05, 3.63) is 48.2 Å². The van der Waals surface area contributed by atoms with E-state index in [-0.39, 0.29) is 0 Å². The van der Waals surface area contributed by atoms with Gasteiger partial charge in [-0.1, -0.05) is 18.2 Å². The lowest BCUT2D eigenvalue weighted by Gasteiger charge is -1.98. The van der Waals surface area contributed by atoms with Crippen molar-refractivity contribution in [2.24, 2.45) is 0 Å². The molecule has 0 aliphatic carbocycles. The van der Waals surface area contributed by atoms with Crippen molar-refractivity contribution in [1.82, 2.24) is 14.6 Å². The van der Waals surface area contributed by atoms with Crippen LogP contribution in [-0.2, 0) is 0 Å². The van der Waals surface area contributed by atoms with Crippen LogP contribution in [0, 0.1) is 6.92 Å². The molecule has 3 aromatic rings. The summed E-state index contributed by atoms with van der Waals surface area (Å²) in [5, 5.41) is 4.43. The molecule has 2 aromatic heterocycles. The lowest BCUT2D eigenvalue weighted by molar-refractivity contribution is 0.956. The summed E-state index contributed by atoms with van der Waals surface area (Å²) in [7, 11) is 0. The largest absolute Gasteiger partial charge is 0.398 e. The van der Waals surface area contributed by atoms with Gasteiger partial charge in [-0.05, 0) is 30.7 Å². The summed E-state index contributed by atoms with van der Waals surface area (Å²) in [6.07, 6.45) is 1.95. The molecule has 0 atom stereocenters. The molecule has 2 heterocycles. The number of hydrogen-bond acceptors (Lipinski definition) is 3. The minimum Gasteiger partial charge on any atom is -0.398 e. The summed E-state index contributed by atoms with van der Waals surface area (Å²) in [6.45, 7) is 2.03. The Morgan fingerprint density at radius 2 is 1.94 bits per heavy atom. The van der Waals surface area contributed by atoms with Crippen molar-refractivity contribution in [2.45, 2.75) is 6.92 Å². The molecule has 17 heavy (non-hydrogen) atoms. The number of nitrogen functional groups attached to an aromatic ring is 1. The second-order valence-corrected chi connectivity index (χ2v) is 4.03. The molecule has 2 N–H and O–H groups in total. The van der Waals surface area contributed by atoms with Gasteiger partial charge in [-0.2, -0.15) is 0 Å². The van der Waals surface area contributed by atoms with Crippen LogP contribution < -0.4 is 5.73 Å². The summed E-state index contributed by atoms with van der Waals surface area (Å²) in [4.78, 5) is 4.46. The van der Waals surface area contributed by atoms with Gasteiger partial charge in [0.1, 0.15) is 0 Å². The van der Waals surface area contributed by atoms with Crippen LogP contribution >= 0.6 is 0 Å². The van der Waals surface area contributed by atoms with Gasteiger partial charge >= 0.3 is 0 Å². The third-order valence-corrected chi connectivity index (χ3v) is 2.68. The van der Waals surface area contributed by atoms with Crippen LogP contribution in [0.25, 0.3) is 17.0 Å². The zero-order valence-corrected chi connectivity index (χ0v) is 9.46. The predicted octanol–water partition coefficient (Wildman–Crippen LogP) is 2.29. The molecule has 0 radical (unpaired) electrons. The maximum absolute atomic E-state index is 5.92. The van der Waals surface area contributed by atoms with E-state index in [9.17, 15) is 0 Å². The number of rotatable bonds is 1. The molecular weight excluding hydrogens is 212 g/mol. The number of hydrogen-bond donors (Lipinski definition) is 1. The van der Waals surface area contributed by atoms with E-state index in [1.807, 2.05) is 49.5 Å². The molecule has 4 heteroatoms. The lowest BCUT2D eigenvalue weighted by atomic mass is 10.2. The highest BCUT2D eigenvalue weighted by molar-refractivity contribution is 5.72. The molecule has 4 nitrogen and oxygen atoms in total. The molecule has 0 unspecified atom stereocenters. The smallest absolute Gasteiger partial charge is 0.184 e. The number of fused-ring (bicyclic) bond motifs is 1. The van der Waals surface area contributed by atoms with Gasteiger partial charge in [0.05, 0.1) is 0 Å². The fourth-order valence-electron chi connectivity index (χ4n) is 1.80. The maximum Gasteiger partial charge on any atom is 0.184 e. The molecule has 0 saturated carbocycles. The Morgan fingerprint density at radius 1 is 1.12 bits per heavy atom. The number of para-hydroxylation sites is 1. The predicted molar refractivity (Wildman–Crippen MR) is 67.6 cm³/mol. The molecule has 0 spiro atoms. The molecule has 0 bridgehead atoms. The van der Waals surface area contributed by atoms with Crippen molar-refractivity contribution < 1.29 is 0 Å². The number of aromatic nitrogens is 3. The molecule has 0 amide bonds. The Kier molecular flexibility index (Phi) is 2.08. The summed E-state index contributed by atoms with van der Waals surface area (Å²) in [5.41, 5.74) is 9.45. The average Bonchev–Trinajstić information content (AvgIpc) is 2.72. The topological polar surface area (TPSA) is 56.2 Å². The minimum atomic E-state index is 0.661. The molecule has 0 fully saturated rings. The third-order valence-electron chi connectivity index (χ3n) is 2.68. The lowest BCUT2D eigenvalue weighted by Crippen LogP contribution is -1.91. The van der Waals surface area contributed by atoms with Crippen molar-refractivity contribution in [2.75, 3.05) is 5.73 Å². The highest BCUT2D eigenvalue weighted by Gasteiger charge is 2.08. The summed E-state index contributed by atoms with van der Waals surface area (Å²) in [5.74, 6) is 0.661. The minimum absolute atomic E-state index is 0.661. The van der Waals surface area contributed by atoms with Gasteiger partial charge in [0.25, 0.3) is 0 Å². The van der Waals surface area contributed by atoms with Crippen LogP contribution in [0.2, 0.25) is 0 Å². The number of pyridine rings is 1. The van der Waals surface area contributed by atoms with E-state index in [1.54, 1.807) is 4.52 Å². The van der Waals surface area contributed by atoms with E-state index in [0.717, 1.165) is 16.8 Å². The first-order valence-electron chi connectivity index (χ1n) is 5.42. The summed E-state index contributed by atoms with van der Waals surface area (Å²) < 4.78 is 1.77. The van der Waals surface area contributed by atoms with E-state index >= 15 is 0 Å². The van der Waals surface area contributed by atoms with Crippen molar-refractivity contribution in [1.29, 1.82) is 0 Å². The molecule has 1 aromatic carbocycles. The molecule has 0 saturated heterocycles. The number of nitrogens with two attached hydrogens (primary N) is 1. The zero-order chi connectivity index (χ0) is 11.8. The second kappa shape index (κ2) is 3.59. The van der Waals surface area contributed by atoms with Crippen LogP contribution in [0.15, 0.2) is 42.6 Å². The Balaban J connectivity index is 2.22. The van der Waals surface area contributed by atoms with E-state index < -0.39 is 0 Å². The Hall–Kier alpha value is -2.36. The SMILES string of the molecule is Cc1ccc2nc(-c3ccccc3N)nn2c1. The summed E-state index contributed by atoms with van der Waals surface area (Å²) >= 11 is 0. The van der Waals surface area contributed by atoms with Crippen LogP contribution in [0.3, 0.4) is 0 Å². The highest BCUT2D eigenvalue weighted by atomic mass is 15.3. The standard InChI is InChI=1S/C13H12N4/c1-9-6-7-12-15-13(16-17(12)8-9)10-4-2-3-5-11(10)14/h2-8H,14H2,1H3. The van der Waals surface area contributed by atoms with Crippen LogP contribution in [0.1, 0.15) is 5.56 Å². The summed E-state index contributed by atoms with van der Waals surface area (Å²) in [6, 6.07) is 11.6. The zero-order valence-electron chi connectivity index (χ0n) is 9.46. The normalized spacial score (nSPS) is 10.9. The molecule has 0 aliphatic heterocycles. The Labute approximate surface area is 98.7 Å². The maximum atomic E-state index is 5.92. The monoisotopic (exact) mass is 224 g/mol. The van der Waals surface area contributed by atoms with Gasteiger partial charge in [-0.3, -0.25) is 0 Å². The van der Waals surface area contributed by atoms with Gasteiger partial charge < -0.3 is 5.73 Å². The molecule has 3 rings (SSSR count). The van der Waals surface area contributed by atoms with E-state index in [2.05, 4.69) is 10.1 Å². The molecule has 84 valence electrons.